The first kappa shape index (κ1) is 29.3. The Bertz CT molecular complexity index is 681. The van der Waals surface area contributed by atoms with Gasteiger partial charge in [-0.3, -0.25) is 19.2 Å². The highest BCUT2D eigenvalue weighted by Gasteiger charge is 2.32. The maximum Gasteiger partial charge on any atom is 0.326 e. The van der Waals surface area contributed by atoms with E-state index in [0.717, 1.165) is 0 Å². The van der Waals surface area contributed by atoms with Crippen LogP contribution in [0.1, 0.15) is 53.9 Å². The van der Waals surface area contributed by atoms with Gasteiger partial charge in [0.05, 0.1) is 6.10 Å². The topological polar surface area (TPSA) is 214 Å². The van der Waals surface area contributed by atoms with Gasteiger partial charge in [0.15, 0.2) is 0 Å². The predicted octanol–water partition coefficient (Wildman–Crippen LogP) is -1.80. The van der Waals surface area contributed by atoms with E-state index < -0.39 is 65.8 Å². The van der Waals surface area contributed by atoms with Crippen molar-refractivity contribution in [3.63, 3.8) is 0 Å². The van der Waals surface area contributed by atoms with Crippen LogP contribution in [-0.2, 0) is 24.0 Å². The van der Waals surface area contributed by atoms with E-state index >= 15 is 0 Å². The Morgan fingerprint density at radius 1 is 0.844 bits per heavy atom. The highest BCUT2D eigenvalue weighted by atomic mass is 16.4. The van der Waals surface area contributed by atoms with Crippen molar-refractivity contribution in [2.75, 3.05) is 0 Å². The lowest BCUT2D eigenvalue weighted by Crippen LogP contribution is -2.59. The van der Waals surface area contributed by atoms with Crippen LogP contribution in [-0.4, -0.2) is 70.1 Å². The van der Waals surface area contributed by atoms with Crippen LogP contribution in [0.3, 0.4) is 0 Å². The molecule has 9 N–H and O–H groups in total. The Kier molecular flexibility index (Phi) is 12.5. The molecule has 0 spiro atoms. The van der Waals surface area contributed by atoms with Crippen molar-refractivity contribution in [2.24, 2.45) is 23.3 Å². The number of nitrogens with two attached hydrogens (primary N) is 2. The minimum Gasteiger partial charge on any atom is -0.480 e. The number of aliphatic hydroxyl groups is 1. The number of nitrogens with one attached hydrogen (secondary N) is 3. The standard InChI is InChI=1S/C20H37N5O7/c1-9(2)8-13(24-18(29)15(22)11(5)26)17(28)25-16(10(3)4)19(30)23-12(20(31)32)6-7-14(21)27/h9-13,15-16,26H,6-8,22H2,1-5H3,(H2,21,27)(H,23,30)(H,24,29)(H,25,28)(H,31,32). The van der Waals surface area contributed by atoms with E-state index in [0.29, 0.717) is 0 Å². The van der Waals surface area contributed by atoms with Gasteiger partial charge in [-0.1, -0.05) is 27.7 Å². The van der Waals surface area contributed by atoms with Crippen molar-refractivity contribution in [2.45, 2.75) is 84.2 Å². The van der Waals surface area contributed by atoms with Crippen molar-refractivity contribution < 1.29 is 34.2 Å². The number of primary amides is 1. The van der Waals surface area contributed by atoms with Gasteiger partial charge in [0.1, 0.15) is 24.2 Å². The lowest BCUT2D eigenvalue weighted by atomic mass is 9.99. The van der Waals surface area contributed by atoms with Crippen LogP contribution in [0.4, 0.5) is 0 Å². The molecule has 5 unspecified atom stereocenters. The number of aliphatic hydroxyl groups excluding tert-OH is 1. The van der Waals surface area contributed by atoms with Crippen LogP contribution in [0.25, 0.3) is 0 Å². The molecule has 32 heavy (non-hydrogen) atoms. The molecule has 4 amide bonds. The summed E-state index contributed by atoms with van der Waals surface area (Å²) < 4.78 is 0. The number of rotatable bonds is 14. The fourth-order valence-electron chi connectivity index (χ4n) is 2.78. The first-order valence-electron chi connectivity index (χ1n) is 10.5. The van der Waals surface area contributed by atoms with Crippen molar-refractivity contribution in [3.05, 3.63) is 0 Å². The van der Waals surface area contributed by atoms with Crippen LogP contribution in [0, 0.1) is 11.8 Å². The average Bonchev–Trinajstić information content (AvgIpc) is 2.66. The number of carboxylic acid groups (broad SMARTS) is 1. The lowest BCUT2D eigenvalue weighted by Gasteiger charge is -2.28. The summed E-state index contributed by atoms with van der Waals surface area (Å²) in [6.45, 7) is 8.33. The van der Waals surface area contributed by atoms with E-state index in [1.165, 1.54) is 6.92 Å². The van der Waals surface area contributed by atoms with E-state index in [-0.39, 0.29) is 25.2 Å². The van der Waals surface area contributed by atoms with E-state index in [9.17, 15) is 34.2 Å². The molecule has 0 bridgehead atoms. The Morgan fingerprint density at radius 3 is 1.78 bits per heavy atom. The van der Waals surface area contributed by atoms with Gasteiger partial charge >= 0.3 is 5.97 Å². The maximum absolute atomic E-state index is 12.9. The molecule has 12 nitrogen and oxygen atoms in total. The Balaban J connectivity index is 5.43. The average molecular weight is 460 g/mol. The van der Waals surface area contributed by atoms with Gasteiger partial charge in [0.25, 0.3) is 0 Å². The Hall–Kier alpha value is -2.73. The van der Waals surface area contributed by atoms with Crippen molar-refractivity contribution in [1.82, 2.24) is 16.0 Å². The Labute approximate surface area is 187 Å². The largest absolute Gasteiger partial charge is 0.480 e. The van der Waals surface area contributed by atoms with Crippen molar-refractivity contribution in [3.8, 4) is 0 Å². The SMILES string of the molecule is CC(C)CC(NC(=O)C(N)C(C)O)C(=O)NC(C(=O)NC(CCC(N)=O)C(=O)O)C(C)C. The summed E-state index contributed by atoms with van der Waals surface area (Å²) in [5.41, 5.74) is 10.7. The zero-order valence-corrected chi connectivity index (χ0v) is 19.3. The van der Waals surface area contributed by atoms with Crippen LogP contribution in [0.15, 0.2) is 0 Å². The summed E-state index contributed by atoms with van der Waals surface area (Å²) in [5, 5.41) is 26.1. The number of aliphatic carboxylic acids is 1. The smallest absolute Gasteiger partial charge is 0.326 e. The molecule has 0 heterocycles. The summed E-state index contributed by atoms with van der Waals surface area (Å²) in [7, 11) is 0. The first-order valence-corrected chi connectivity index (χ1v) is 10.5. The van der Waals surface area contributed by atoms with Gasteiger partial charge < -0.3 is 37.6 Å². The second-order valence-electron chi connectivity index (χ2n) is 8.59. The number of carboxylic acids is 1. The van der Waals surface area contributed by atoms with Gasteiger partial charge in [0.2, 0.25) is 23.6 Å². The summed E-state index contributed by atoms with van der Waals surface area (Å²) in [4.78, 5) is 60.1. The molecule has 184 valence electrons. The van der Waals surface area contributed by atoms with E-state index in [4.69, 9.17) is 11.5 Å². The molecule has 0 aromatic heterocycles. The third kappa shape index (κ3) is 10.5. The first-order chi connectivity index (χ1) is 14.7. The fraction of sp³-hybridized carbons (Fsp3) is 0.750. The lowest BCUT2D eigenvalue weighted by molar-refractivity contribution is -0.143. The minimum absolute atomic E-state index is 0.00495. The molecular formula is C20H37N5O7. The van der Waals surface area contributed by atoms with Crippen molar-refractivity contribution in [1.29, 1.82) is 0 Å². The number of carbonyl (C=O) groups is 5. The number of hydrogen-bond acceptors (Lipinski definition) is 7. The molecule has 0 aliphatic heterocycles. The third-order valence-corrected chi connectivity index (χ3v) is 4.70. The van der Waals surface area contributed by atoms with E-state index in [1.807, 2.05) is 13.8 Å². The van der Waals surface area contributed by atoms with Crippen LogP contribution in [0.5, 0.6) is 0 Å². The highest BCUT2D eigenvalue weighted by molar-refractivity contribution is 5.94. The number of amides is 4. The maximum atomic E-state index is 12.9. The molecule has 0 aliphatic rings. The summed E-state index contributed by atoms with van der Waals surface area (Å²) >= 11 is 0. The predicted molar refractivity (Wildman–Crippen MR) is 116 cm³/mol. The number of hydrogen-bond donors (Lipinski definition) is 7. The normalized spacial score (nSPS) is 15.9. The van der Waals surface area contributed by atoms with Gasteiger partial charge in [-0.2, -0.15) is 0 Å². The highest BCUT2D eigenvalue weighted by Crippen LogP contribution is 2.09. The zero-order valence-electron chi connectivity index (χ0n) is 19.3. The third-order valence-electron chi connectivity index (χ3n) is 4.70. The second-order valence-corrected chi connectivity index (χ2v) is 8.59. The van der Waals surface area contributed by atoms with Crippen LogP contribution < -0.4 is 27.4 Å². The van der Waals surface area contributed by atoms with Gasteiger partial charge in [-0.25, -0.2) is 4.79 Å². The minimum atomic E-state index is -1.36. The zero-order chi connectivity index (χ0) is 25.2. The second kappa shape index (κ2) is 13.6. The summed E-state index contributed by atoms with van der Waals surface area (Å²) in [6.07, 6.45) is -1.31. The fourth-order valence-corrected chi connectivity index (χ4v) is 2.78. The molecule has 0 rings (SSSR count). The number of carbonyl (C=O) groups excluding carboxylic acids is 4. The Morgan fingerprint density at radius 2 is 1.38 bits per heavy atom. The van der Waals surface area contributed by atoms with Crippen molar-refractivity contribution >= 4 is 29.6 Å². The molecule has 0 saturated carbocycles. The molecule has 0 saturated heterocycles. The molecule has 0 fully saturated rings. The summed E-state index contributed by atoms with van der Waals surface area (Å²) in [5.74, 6) is -4.58. The summed E-state index contributed by atoms with van der Waals surface area (Å²) in [6, 6.07) is -4.71. The van der Waals surface area contributed by atoms with Gasteiger partial charge in [0, 0.05) is 6.42 Å². The van der Waals surface area contributed by atoms with Crippen LogP contribution >= 0.6 is 0 Å². The molecule has 0 aliphatic carbocycles. The molecule has 12 heteroatoms. The van der Waals surface area contributed by atoms with E-state index in [2.05, 4.69) is 16.0 Å². The van der Waals surface area contributed by atoms with Gasteiger partial charge in [-0.05, 0) is 31.6 Å². The van der Waals surface area contributed by atoms with E-state index in [1.54, 1.807) is 13.8 Å². The molecule has 0 aromatic carbocycles. The quantitative estimate of drug-likeness (QED) is 0.157. The van der Waals surface area contributed by atoms with Crippen LogP contribution in [0.2, 0.25) is 0 Å². The van der Waals surface area contributed by atoms with Gasteiger partial charge in [-0.15, -0.1) is 0 Å². The monoisotopic (exact) mass is 459 g/mol. The molecule has 0 radical (unpaired) electrons. The molecule has 5 atom stereocenters. The molecular weight excluding hydrogens is 422 g/mol. The molecule has 0 aromatic rings.